The molecule has 2 atom stereocenters. The number of para-hydroxylation sites is 1. The number of benzene rings is 1. The Labute approximate surface area is 144 Å². The van der Waals surface area contributed by atoms with Crippen LogP contribution in [0, 0.1) is 0 Å². The van der Waals surface area contributed by atoms with Gasteiger partial charge in [-0.2, -0.15) is 0 Å². The Morgan fingerprint density at radius 1 is 1.33 bits per heavy atom. The van der Waals surface area contributed by atoms with Crippen LogP contribution in [0.25, 0.3) is 0 Å². The molecule has 24 heavy (non-hydrogen) atoms. The lowest BCUT2D eigenvalue weighted by Gasteiger charge is -2.37. The molecule has 2 aliphatic heterocycles. The zero-order valence-corrected chi connectivity index (χ0v) is 14.6. The summed E-state index contributed by atoms with van der Waals surface area (Å²) in [5.41, 5.74) is 1.13. The summed E-state index contributed by atoms with van der Waals surface area (Å²) in [7, 11) is 2.11. The Morgan fingerprint density at radius 2 is 2.04 bits per heavy atom. The van der Waals surface area contributed by atoms with Crippen molar-refractivity contribution in [1.29, 1.82) is 0 Å². The molecule has 2 heterocycles. The largest absolute Gasteiger partial charge is 0.480 e. The van der Waals surface area contributed by atoms with E-state index in [1.165, 1.54) is 0 Å². The second-order valence-corrected chi connectivity index (χ2v) is 6.98. The van der Waals surface area contributed by atoms with Gasteiger partial charge in [0.25, 0.3) is 5.91 Å². The van der Waals surface area contributed by atoms with Crippen LogP contribution in [0.5, 0.6) is 5.75 Å². The topological polar surface area (TPSA) is 53.0 Å². The van der Waals surface area contributed by atoms with Gasteiger partial charge in [0.1, 0.15) is 5.75 Å². The summed E-state index contributed by atoms with van der Waals surface area (Å²) in [5.74, 6) is 1.08. The maximum atomic E-state index is 12.9. The second-order valence-electron chi connectivity index (χ2n) is 6.98. The normalized spacial score (nSPS) is 24.1. The first-order chi connectivity index (χ1) is 11.6. The van der Waals surface area contributed by atoms with E-state index in [1.807, 2.05) is 23.1 Å². The number of amides is 1. The lowest BCUT2D eigenvalue weighted by molar-refractivity contribution is -0.140. The molecule has 0 radical (unpaired) electrons. The lowest BCUT2D eigenvalue weighted by Crippen LogP contribution is -2.50. The summed E-state index contributed by atoms with van der Waals surface area (Å²) in [6.07, 6.45) is 2.40. The molecule has 0 bridgehead atoms. The number of aliphatic hydroxyl groups excluding tert-OH is 1. The third kappa shape index (κ3) is 3.42. The monoisotopic (exact) mass is 332 g/mol. The van der Waals surface area contributed by atoms with Crippen molar-refractivity contribution in [3.05, 3.63) is 29.8 Å². The molecule has 5 heteroatoms. The molecule has 3 rings (SSSR count). The Kier molecular flexibility index (Phi) is 5.41. The zero-order chi connectivity index (χ0) is 17.1. The molecule has 1 aromatic rings. The van der Waals surface area contributed by atoms with Crippen LogP contribution < -0.4 is 4.74 Å². The van der Waals surface area contributed by atoms with Gasteiger partial charge in [-0.05, 0) is 32.4 Å². The van der Waals surface area contributed by atoms with Gasteiger partial charge >= 0.3 is 0 Å². The summed E-state index contributed by atoms with van der Waals surface area (Å²) in [4.78, 5) is 17.2. The summed E-state index contributed by atoms with van der Waals surface area (Å²) >= 11 is 0. The number of aliphatic hydroxyl groups is 1. The number of rotatable bonds is 5. The maximum Gasteiger partial charge on any atom is 0.264 e. The molecule has 1 amide bonds. The number of ether oxygens (including phenoxy) is 1. The summed E-state index contributed by atoms with van der Waals surface area (Å²) in [6, 6.07) is 8.45. The predicted octanol–water partition coefficient (Wildman–Crippen LogP) is 1.86. The number of hydrogen-bond donors (Lipinski definition) is 1. The molecule has 1 aromatic carbocycles. The van der Waals surface area contributed by atoms with Crippen LogP contribution in [0.3, 0.4) is 0 Å². The van der Waals surface area contributed by atoms with Crippen molar-refractivity contribution >= 4 is 5.91 Å². The van der Waals surface area contributed by atoms with Crippen LogP contribution >= 0.6 is 0 Å². The molecule has 0 saturated carbocycles. The number of nitrogens with zero attached hydrogens (tertiary/aromatic N) is 2. The fourth-order valence-electron chi connectivity index (χ4n) is 3.84. The molecule has 1 N–H and O–H groups in total. The Balaban J connectivity index is 1.55. The number of hydrogen-bond acceptors (Lipinski definition) is 4. The third-order valence-corrected chi connectivity index (χ3v) is 5.43. The van der Waals surface area contributed by atoms with E-state index in [-0.39, 0.29) is 24.5 Å². The van der Waals surface area contributed by atoms with Gasteiger partial charge in [0.2, 0.25) is 0 Å². The highest BCUT2D eigenvalue weighted by Crippen LogP contribution is 2.38. The van der Waals surface area contributed by atoms with Crippen molar-refractivity contribution in [2.24, 2.45) is 0 Å². The number of carbonyl (C=O) groups excluding carboxylic acids is 1. The molecular formula is C19H28N2O3. The van der Waals surface area contributed by atoms with Gasteiger partial charge in [0, 0.05) is 43.8 Å². The van der Waals surface area contributed by atoms with E-state index in [4.69, 9.17) is 9.84 Å². The first kappa shape index (κ1) is 17.2. The molecule has 2 unspecified atom stereocenters. The molecule has 0 spiro atoms. The van der Waals surface area contributed by atoms with Crippen molar-refractivity contribution in [1.82, 2.24) is 9.80 Å². The Bertz CT molecular complexity index is 569. The highest BCUT2D eigenvalue weighted by atomic mass is 16.5. The number of likely N-dealkylation sites (tertiary alicyclic amines) is 1. The van der Waals surface area contributed by atoms with Gasteiger partial charge in [0.15, 0.2) is 6.10 Å². The first-order valence-electron chi connectivity index (χ1n) is 8.97. The quantitative estimate of drug-likeness (QED) is 0.894. The van der Waals surface area contributed by atoms with Crippen LogP contribution in [0.15, 0.2) is 24.3 Å². The summed E-state index contributed by atoms with van der Waals surface area (Å²) in [6.45, 7) is 4.79. The van der Waals surface area contributed by atoms with Crippen LogP contribution in [-0.2, 0) is 4.79 Å². The number of carbonyl (C=O) groups is 1. The van der Waals surface area contributed by atoms with Gasteiger partial charge in [0.05, 0.1) is 0 Å². The SMILES string of the molecule is CC1c2ccccc2OC1C(=O)N1CCC(N(C)CCCO)CC1. The molecule has 0 aliphatic carbocycles. The fourth-order valence-corrected chi connectivity index (χ4v) is 3.84. The van der Waals surface area contributed by atoms with Crippen LogP contribution in [0.1, 0.15) is 37.7 Å². The molecule has 0 aromatic heterocycles. The smallest absolute Gasteiger partial charge is 0.264 e. The number of piperidine rings is 1. The molecule has 2 aliphatic rings. The van der Waals surface area contributed by atoms with Crippen molar-refractivity contribution in [2.75, 3.05) is 33.3 Å². The van der Waals surface area contributed by atoms with E-state index in [2.05, 4.69) is 24.9 Å². The average molecular weight is 332 g/mol. The summed E-state index contributed by atoms with van der Waals surface area (Å²) in [5, 5.41) is 8.96. The molecule has 5 nitrogen and oxygen atoms in total. The van der Waals surface area contributed by atoms with Crippen molar-refractivity contribution in [3.8, 4) is 5.75 Å². The maximum absolute atomic E-state index is 12.9. The van der Waals surface area contributed by atoms with Crippen LogP contribution in [0.2, 0.25) is 0 Å². The van der Waals surface area contributed by atoms with Gasteiger partial charge in [-0.1, -0.05) is 25.1 Å². The van der Waals surface area contributed by atoms with E-state index in [0.29, 0.717) is 6.04 Å². The third-order valence-electron chi connectivity index (χ3n) is 5.43. The molecule has 132 valence electrons. The van der Waals surface area contributed by atoms with Crippen LogP contribution in [-0.4, -0.2) is 66.2 Å². The van der Waals surface area contributed by atoms with Crippen molar-refractivity contribution in [3.63, 3.8) is 0 Å². The Morgan fingerprint density at radius 3 is 2.71 bits per heavy atom. The van der Waals surface area contributed by atoms with Crippen molar-refractivity contribution in [2.45, 2.75) is 44.2 Å². The predicted molar refractivity (Wildman–Crippen MR) is 93.2 cm³/mol. The molecular weight excluding hydrogens is 304 g/mol. The lowest BCUT2D eigenvalue weighted by atomic mass is 9.95. The zero-order valence-electron chi connectivity index (χ0n) is 14.6. The molecule has 1 saturated heterocycles. The molecule has 1 fully saturated rings. The Hall–Kier alpha value is -1.59. The van der Waals surface area contributed by atoms with E-state index in [9.17, 15) is 4.79 Å². The minimum absolute atomic E-state index is 0.110. The summed E-state index contributed by atoms with van der Waals surface area (Å²) < 4.78 is 5.93. The standard InChI is InChI=1S/C19H28N2O3/c1-14-16-6-3-4-7-17(16)24-18(14)19(23)21-11-8-15(9-12-21)20(2)10-5-13-22/h3-4,6-7,14-15,18,22H,5,8-13H2,1-2H3. The van der Waals surface area contributed by atoms with E-state index in [1.54, 1.807) is 0 Å². The minimum atomic E-state index is -0.383. The van der Waals surface area contributed by atoms with E-state index in [0.717, 1.165) is 50.2 Å². The van der Waals surface area contributed by atoms with Gasteiger partial charge < -0.3 is 19.6 Å². The van der Waals surface area contributed by atoms with Crippen LogP contribution in [0.4, 0.5) is 0 Å². The second kappa shape index (κ2) is 7.53. The minimum Gasteiger partial charge on any atom is -0.480 e. The van der Waals surface area contributed by atoms with Gasteiger partial charge in [-0.25, -0.2) is 0 Å². The van der Waals surface area contributed by atoms with E-state index >= 15 is 0 Å². The van der Waals surface area contributed by atoms with Gasteiger partial charge in [-0.3, -0.25) is 4.79 Å². The average Bonchev–Trinajstić information content (AvgIpc) is 2.96. The van der Waals surface area contributed by atoms with Gasteiger partial charge in [-0.15, -0.1) is 0 Å². The fraction of sp³-hybridized carbons (Fsp3) is 0.632. The highest BCUT2D eigenvalue weighted by molar-refractivity contribution is 5.83. The van der Waals surface area contributed by atoms with E-state index < -0.39 is 0 Å². The highest BCUT2D eigenvalue weighted by Gasteiger charge is 2.39. The number of fused-ring (bicyclic) bond motifs is 1. The van der Waals surface area contributed by atoms with Crippen molar-refractivity contribution < 1.29 is 14.6 Å². The first-order valence-corrected chi connectivity index (χ1v) is 8.97.